The monoisotopic (exact) mass is 244 g/mol. The summed E-state index contributed by atoms with van der Waals surface area (Å²) in [4.78, 5) is 1.11. The molecule has 1 aromatic rings. The van der Waals surface area contributed by atoms with E-state index in [0.717, 1.165) is 10.6 Å². The highest BCUT2D eigenvalue weighted by Gasteiger charge is 2.19. The van der Waals surface area contributed by atoms with E-state index in [0.29, 0.717) is 26.1 Å². The van der Waals surface area contributed by atoms with E-state index in [1.54, 1.807) is 25.4 Å². The molecular formula is C11H20N2O2S. The molecule has 0 aliphatic carbocycles. The molecule has 1 atom stereocenters. The third-order valence-electron chi connectivity index (χ3n) is 2.42. The second-order valence-electron chi connectivity index (χ2n) is 4.14. The standard InChI is InChI=1S/C11H20N2O2S/c1-11(14,4-5-15-2)8-13-7-10-9(12)3-6-16-10/h3,6,13-14H,4-5,7-8,12H2,1-2H3. The number of thiophene rings is 1. The fraction of sp³-hybridized carbons (Fsp3) is 0.636. The number of nitrogen functional groups attached to an aromatic ring is 1. The maximum absolute atomic E-state index is 9.97. The van der Waals surface area contributed by atoms with E-state index in [9.17, 15) is 5.11 Å². The zero-order valence-electron chi connectivity index (χ0n) is 9.82. The Morgan fingerprint density at radius 2 is 2.38 bits per heavy atom. The van der Waals surface area contributed by atoms with Crippen molar-refractivity contribution < 1.29 is 9.84 Å². The van der Waals surface area contributed by atoms with Gasteiger partial charge in [0.2, 0.25) is 0 Å². The first kappa shape index (κ1) is 13.4. The normalized spacial score (nSPS) is 14.9. The van der Waals surface area contributed by atoms with Gasteiger partial charge in [-0.25, -0.2) is 0 Å². The number of methoxy groups -OCH3 is 1. The largest absolute Gasteiger partial charge is 0.398 e. The van der Waals surface area contributed by atoms with E-state index >= 15 is 0 Å². The first-order valence-electron chi connectivity index (χ1n) is 5.29. The van der Waals surface area contributed by atoms with Crippen molar-refractivity contribution in [1.29, 1.82) is 0 Å². The van der Waals surface area contributed by atoms with Gasteiger partial charge in [-0.15, -0.1) is 11.3 Å². The number of rotatable bonds is 7. The van der Waals surface area contributed by atoms with Crippen molar-refractivity contribution in [3.63, 3.8) is 0 Å². The SMILES string of the molecule is COCCC(C)(O)CNCc1sccc1N. The molecule has 1 unspecified atom stereocenters. The molecule has 0 spiro atoms. The zero-order chi connectivity index (χ0) is 12.0. The van der Waals surface area contributed by atoms with Crippen molar-refractivity contribution in [2.45, 2.75) is 25.5 Å². The van der Waals surface area contributed by atoms with Crippen molar-refractivity contribution in [3.8, 4) is 0 Å². The summed E-state index contributed by atoms with van der Waals surface area (Å²) in [5.41, 5.74) is 5.84. The molecule has 0 bridgehead atoms. The lowest BCUT2D eigenvalue weighted by Crippen LogP contribution is -2.38. The Bertz CT molecular complexity index is 313. The first-order valence-corrected chi connectivity index (χ1v) is 6.17. The van der Waals surface area contributed by atoms with Crippen LogP contribution in [-0.2, 0) is 11.3 Å². The maximum Gasteiger partial charge on any atom is 0.0765 e. The van der Waals surface area contributed by atoms with Crippen LogP contribution < -0.4 is 11.1 Å². The molecule has 0 aliphatic rings. The van der Waals surface area contributed by atoms with Crippen LogP contribution in [0, 0.1) is 0 Å². The van der Waals surface area contributed by atoms with Crippen molar-refractivity contribution in [2.24, 2.45) is 0 Å². The molecule has 4 N–H and O–H groups in total. The van der Waals surface area contributed by atoms with E-state index < -0.39 is 5.60 Å². The Labute approximate surface area is 100 Å². The predicted octanol–water partition coefficient (Wildman–Crippen LogP) is 1.21. The summed E-state index contributed by atoms with van der Waals surface area (Å²) in [6.07, 6.45) is 0.621. The minimum Gasteiger partial charge on any atom is -0.398 e. The van der Waals surface area contributed by atoms with Crippen LogP contribution >= 0.6 is 11.3 Å². The number of ether oxygens (including phenoxy) is 1. The van der Waals surface area contributed by atoms with Gasteiger partial charge in [-0.3, -0.25) is 0 Å². The molecule has 1 aromatic heterocycles. The Morgan fingerprint density at radius 3 is 2.94 bits per heavy atom. The molecule has 0 saturated carbocycles. The highest BCUT2D eigenvalue weighted by atomic mass is 32.1. The third-order valence-corrected chi connectivity index (χ3v) is 3.35. The quantitative estimate of drug-likeness (QED) is 0.674. The van der Waals surface area contributed by atoms with Crippen LogP contribution in [0.15, 0.2) is 11.4 Å². The highest BCUT2D eigenvalue weighted by Crippen LogP contribution is 2.18. The van der Waals surface area contributed by atoms with Crippen LogP contribution in [0.5, 0.6) is 0 Å². The maximum atomic E-state index is 9.97. The van der Waals surface area contributed by atoms with Crippen molar-refractivity contribution >= 4 is 17.0 Å². The average molecular weight is 244 g/mol. The van der Waals surface area contributed by atoms with Crippen LogP contribution in [-0.4, -0.2) is 31.0 Å². The van der Waals surface area contributed by atoms with E-state index in [-0.39, 0.29) is 0 Å². The van der Waals surface area contributed by atoms with E-state index in [1.807, 2.05) is 11.4 Å². The Morgan fingerprint density at radius 1 is 1.62 bits per heavy atom. The molecule has 92 valence electrons. The molecule has 1 rings (SSSR count). The highest BCUT2D eigenvalue weighted by molar-refractivity contribution is 7.10. The molecule has 1 heterocycles. The second kappa shape index (κ2) is 6.20. The topological polar surface area (TPSA) is 67.5 Å². The summed E-state index contributed by atoms with van der Waals surface area (Å²) < 4.78 is 4.94. The zero-order valence-corrected chi connectivity index (χ0v) is 10.6. The molecule has 16 heavy (non-hydrogen) atoms. The number of anilines is 1. The van der Waals surface area contributed by atoms with Crippen LogP contribution in [0.4, 0.5) is 5.69 Å². The molecule has 4 nitrogen and oxygen atoms in total. The van der Waals surface area contributed by atoms with Crippen molar-refractivity contribution in [2.75, 3.05) is 26.0 Å². The van der Waals surface area contributed by atoms with Gasteiger partial charge in [-0.2, -0.15) is 0 Å². The minimum absolute atomic E-state index is 0.535. The first-order chi connectivity index (χ1) is 7.55. The summed E-state index contributed by atoms with van der Waals surface area (Å²) >= 11 is 1.62. The Balaban J connectivity index is 2.27. The second-order valence-corrected chi connectivity index (χ2v) is 5.14. The molecule has 0 aromatic carbocycles. The summed E-state index contributed by atoms with van der Waals surface area (Å²) in [6.45, 7) is 3.60. The van der Waals surface area contributed by atoms with Crippen LogP contribution in [0.25, 0.3) is 0 Å². The van der Waals surface area contributed by atoms with Gasteiger partial charge in [0, 0.05) is 43.8 Å². The van der Waals surface area contributed by atoms with Gasteiger partial charge in [-0.05, 0) is 18.4 Å². The summed E-state index contributed by atoms with van der Waals surface area (Å²) in [7, 11) is 1.63. The lowest BCUT2D eigenvalue weighted by atomic mass is 10.0. The van der Waals surface area contributed by atoms with Gasteiger partial charge in [0.1, 0.15) is 0 Å². The van der Waals surface area contributed by atoms with Crippen LogP contribution in [0.1, 0.15) is 18.2 Å². The van der Waals surface area contributed by atoms with Crippen LogP contribution in [0.3, 0.4) is 0 Å². The van der Waals surface area contributed by atoms with Gasteiger partial charge in [-0.1, -0.05) is 0 Å². The van der Waals surface area contributed by atoms with Gasteiger partial charge in [0.25, 0.3) is 0 Å². The number of hydrogen-bond donors (Lipinski definition) is 3. The summed E-state index contributed by atoms with van der Waals surface area (Å²) in [6, 6.07) is 1.89. The molecule has 0 amide bonds. The fourth-order valence-electron chi connectivity index (χ4n) is 1.35. The van der Waals surface area contributed by atoms with Gasteiger partial charge in [0.15, 0.2) is 0 Å². The Kier molecular flexibility index (Phi) is 5.21. The van der Waals surface area contributed by atoms with Gasteiger partial charge >= 0.3 is 0 Å². The van der Waals surface area contributed by atoms with E-state index in [2.05, 4.69) is 5.32 Å². The van der Waals surface area contributed by atoms with E-state index in [4.69, 9.17) is 10.5 Å². The molecule has 0 aliphatic heterocycles. The lowest BCUT2D eigenvalue weighted by Gasteiger charge is -2.23. The number of aliphatic hydroxyl groups is 1. The molecule has 0 radical (unpaired) electrons. The lowest BCUT2D eigenvalue weighted by molar-refractivity contribution is 0.0248. The molecule has 5 heteroatoms. The minimum atomic E-state index is -0.734. The number of nitrogens with one attached hydrogen (secondary N) is 1. The van der Waals surface area contributed by atoms with Crippen LogP contribution in [0.2, 0.25) is 0 Å². The molecule has 0 fully saturated rings. The Hall–Kier alpha value is -0.620. The fourth-order valence-corrected chi connectivity index (χ4v) is 2.12. The van der Waals surface area contributed by atoms with Crippen molar-refractivity contribution in [1.82, 2.24) is 5.32 Å². The summed E-state index contributed by atoms with van der Waals surface area (Å²) in [5.74, 6) is 0. The van der Waals surface area contributed by atoms with Gasteiger partial charge < -0.3 is 20.9 Å². The third kappa shape index (κ3) is 4.49. The predicted molar refractivity (Wildman–Crippen MR) is 67.6 cm³/mol. The smallest absolute Gasteiger partial charge is 0.0765 e. The number of nitrogens with two attached hydrogens (primary N) is 1. The number of hydrogen-bond acceptors (Lipinski definition) is 5. The van der Waals surface area contributed by atoms with Gasteiger partial charge in [0.05, 0.1) is 5.60 Å². The van der Waals surface area contributed by atoms with E-state index in [1.165, 1.54) is 0 Å². The average Bonchev–Trinajstić information content (AvgIpc) is 2.62. The summed E-state index contributed by atoms with van der Waals surface area (Å²) in [5, 5.41) is 15.1. The molecule has 0 saturated heterocycles. The van der Waals surface area contributed by atoms with Crippen molar-refractivity contribution in [3.05, 3.63) is 16.3 Å². The molecular weight excluding hydrogens is 224 g/mol.